The van der Waals surface area contributed by atoms with Crippen LogP contribution in [0.25, 0.3) is 0 Å². The van der Waals surface area contributed by atoms with E-state index in [1.165, 1.54) is 6.20 Å². The zero-order chi connectivity index (χ0) is 11.5. The average molecular weight is 228 g/mol. The molecule has 1 atom stereocenters. The van der Waals surface area contributed by atoms with Gasteiger partial charge in [0.05, 0.1) is 10.9 Å². The number of nitrogen functional groups attached to an aromatic ring is 1. The van der Waals surface area contributed by atoms with Crippen LogP contribution >= 0.6 is 0 Å². The van der Waals surface area contributed by atoms with E-state index in [0.29, 0.717) is 6.42 Å². The summed E-state index contributed by atoms with van der Waals surface area (Å²) in [6.07, 6.45) is 2.90. The van der Waals surface area contributed by atoms with Crippen molar-refractivity contribution in [3.05, 3.63) is 18.3 Å². The maximum atomic E-state index is 12.0. The van der Waals surface area contributed by atoms with Gasteiger partial charge in [-0.25, -0.2) is 13.4 Å². The van der Waals surface area contributed by atoms with Gasteiger partial charge in [-0.05, 0) is 25.5 Å². The maximum absolute atomic E-state index is 12.0. The molecule has 5 heteroatoms. The first-order valence-corrected chi connectivity index (χ1v) is 6.49. The van der Waals surface area contributed by atoms with Crippen molar-refractivity contribution in [2.75, 3.05) is 5.73 Å². The van der Waals surface area contributed by atoms with E-state index < -0.39 is 15.1 Å². The van der Waals surface area contributed by atoms with Crippen LogP contribution in [0.2, 0.25) is 0 Å². The van der Waals surface area contributed by atoms with Gasteiger partial charge >= 0.3 is 0 Å². The maximum Gasteiger partial charge on any atom is 0.200 e. The fourth-order valence-corrected chi connectivity index (χ4v) is 2.92. The number of rotatable bonds is 4. The lowest BCUT2D eigenvalue weighted by Gasteiger charge is -2.12. The van der Waals surface area contributed by atoms with Crippen molar-refractivity contribution in [2.24, 2.45) is 0 Å². The summed E-state index contributed by atoms with van der Waals surface area (Å²) in [6.45, 7) is 3.64. The van der Waals surface area contributed by atoms with Crippen molar-refractivity contribution in [1.29, 1.82) is 0 Å². The fourth-order valence-electron chi connectivity index (χ4n) is 1.39. The Morgan fingerprint density at radius 2 is 2.20 bits per heavy atom. The molecule has 15 heavy (non-hydrogen) atoms. The Bertz CT molecular complexity index is 429. The SMILES string of the molecule is CCCC(C)S(=O)(=O)c1ncccc1N. The number of hydrogen-bond acceptors (Lipinski definition) is 4. The van der Waals surface area contributed by atoms with Gasteiger partial charge in [-0.3, -0.25) is 0 Å². The number of nitrogens with two attached hydrogens (primary N) is 1. The molecule has 4 nitrogen and oxygen atoms in total. The Morgan fingerprint density at radius 1 is 1.53 bits per heavy atom. The molecular formula is C10H16N2O2S. The molecule has 0 aliphatic rings. The summed E-state index contributed by atoms with van der Waals surface area (Å²) in [4.78, 5) is 3.84. The molecule has 0 spiro atoms. The molecule has 2 N–H and O–H groups in total. The average Bonchev–Trinajstić information content (AvgIpc) is 2.18. The van der Waals surface area contributed by atoms with Crippen molar-refractivity contribution in [2.45, 2.75) is 37.0 Å². The Kier molecular flexibility index (Phi) is 3.68. The lowest BCUT2D eigenvalue weighted by Crippen LogP contribution is -2.20. The predicted octanol–water partition coefficient (Wildman–Crippen LogP) is 1.63. The van der Waals surface area contributed by atoms with Crippen molar-refractivity contribution >= 4 is 15.5 Å². The van der Waals surface area contributed by atoms with Crippen molar-refractivity contribution in [1.82, 2.24) is 4.98 Å². The van der Waals surface area contributed by atoms with E-state index in [2.05, 4.69) is 4.98 Å². The van der Waals surface area contributed by atoms with Crippen LogP contribution in [0.4, 0.5) is 5.69 Å². The van der Waals surface area contributed by atoms with E-state index in [0.717, 1.165) is 6.42 Å². The second-order valence-electron chi connectivity index (χ2n) is 3.54. The number of aromatic nitrogens is 1. The zero-order valence-corrected chi connectivity index (χ0v) is 9.79. The summed E-state index contributed by atoms with van der Waals surface area (Å²) in [6, 6.07) is 3.18. The van der Waals surface area contributed by atoms with Crippen LogP contribution in [0.3, 0.4) is 0 Å². The van der Waals surface area contributed by atoms with Gasteiger partial charge in [0.25, 0.3) is 0 Å². The molecular weight excluding hydrogens is 212 g/mol. The molecule has 1 rings (SSSR count). The number of anilines is 1. The number of hydrogen-bond donors (Lipinski definition) is 1. The molecule has 0 aromatic carbocycles. The minimum Gasteiger partial charge on any atom is -0.396 e. The smallest absolute Gasteiger partial charge is 0.200 e. The summed E-state index contributed by atoms with van der Waals surface area (Å²) < 4.78 is 24.0. The van der Waals surface area contributed by atoms with Gasteiger partial charge in [-0.2, -0.15) is 0 Å². The van der Waals surface area contributed by atoms with Crippen LogP contribution < -0.4 is 5.73 Å². The monoisotopic (exact) mass is 228 g/mol. The highest BCUT2D eigenvalue weighted by Gasteiger charge is 2.25. The van der Waals surface area contributed by atoms with Crippen LogP contribution in [0.15, 0.2) is 23.4 Å². The Balaban J connectivity index is 3.12. The molecule has 0 bridgehead atoms. The van der Waals surface area contributed by atoms with Gasteiger partial charge in [0.2, 0.25) is 0 Å². The molecule has 0 aliphatic carbocycles. The van der Waals surface area contributed by atoms with E-state index in [1.54, 1.807) is 19.1 Å². The third-order valence-electron chi connectivity index (χ3n) is 2.30. The molecule has 0 saturated heterocycles. The third kappa shape index (κ3) is 2.47. The number of nitrogens with zero attached hydrogens (tertiary/aromatic N) is 1. The van der Waals surface area contributed by atoms with Gasteiger partial charge in [0.15, 0.2) is 14.9 Å². The van der Waals surface area contributed by atoms with Gasteiger partial charge in [-0.15, -0.1) is 0 Å². The van der Waals surface area contributed by atoms with E-state index in [-0.39, 0.29) is 10.7 Å². The second kappa shape index (κ2) is 4.61. The highest BCUT2D eigenvalue weighted by atomic mass is 32.2. The molecule has 1 heterocycles. The van der Waals surface area contributed by atoms with Crippen molar-refractivity contribution < 1.29 is 8.42 Å². The third-order valence-corrected chi connectivity index (χ3v) is 4.47. The first-order chi connectivity index (χ1) is 7.00. The first-order valence-electron chi connectivity index (χ1n) is 4.94. The predicted molar refractivity (Wildman–Crippen MR) is 60.2 cm³/mol. The molecule has 0 fully saturated rings. The van der Waals surface area contributed by atoms with Crippen molar-refractivity contribution in [3.63, 3.8) is 0 Å². The highest BCUT2D eigenvalue weighted by Crippen LogP contribution is 2.21. The van der Waals surface area contributed by atoms with Crippen LogP contribution in [0.5, 0.6) is 0 Å². The normalized spacial score (nSPS) is 13.7. The minimum absolute atomic E-state index is 0.00551. The second-order valence-corrected chi connectivity index (χ2v) is 5.82. The first kappa shape index (κ1) is 12.0. The van der Waals surface area contributed by atoms with E-state index >= 15 is 0 Å². The van der Waals surface area contributed by atoms with Gasteiger partial charge in [0.1, 0.15) is 0 Å². The quantitative estimate of drug-likeness (QED) is 0.850. The summed E-state index contributed by atoms with van der Waals surface area (Å²) in [5.74, 6) is 0. The lowest BCUT2D eigenvalue weighted by molar-refractivity contribution is 0.572. The van der Waals surface area contributed by atoms with E-state index in [4.69, 9.17) is 5.73 Å². The number of sulfone groups is 1. The summed E-state index contributed by atoms with van der Waals surface area (Å²) in [5.41, 5.74) is 5.82. The molecule has 0 amide bonds. The van der Waals surface area contributed by atoms with Crippen LogP contribution in [-0.4, -0.2) is 18.7 Å². The molecule has 1 aromatic rings. The largest absolute Gasteiger partial charge is 0.396 e. The molecule has 1 unspecified atom stereocenters. The van der Waals surface area contributed by atoms with E-state index in [9.17, 15) is 8.42 Å². The van der Waals surface area contributed by atoms with Crippen LogP contribution in [-0.2, 0) is 9.84 Å². The zero-order valence-electron chi connectivity index (χ0n) is 8.97. The highest BCUT2D eigenvalue weighted by molar-refractivity contribution is 7.92. The van der Waals surface area contributed by atoms with Gasteiger partial charge in [-0.1, -0.05) is 13.3 Å². The van der Waals surface area contributed by atoms with E-state index in [1.807, 2.05) is 6.92 Å². The molecule has 1 aromatic heterocycles. The molecule has 84 valence electrons. The Morgan fingerprint density at radius 3 is 2.73 bits per heavy atom. The summed E-state index contributed by atoms with van der Waals surface area (Å²) in [7, 11) is -3.37. The summed E-state index contributed by atoms with van der Waals surface area (Å²) >= 11 is 0. The molecule has 0 saturated carbocycles. The summed E-state index contributed by atoms with van der Waals surface area (Å²) in [5, 5.41) is -0.425. The minimum atomic E-state index is -3.37. The Labute approximate surface area is 90.4 Å². The fraction of sp³-hybridized carbons (Fsp3) is 0.500. The van der Waals surface area contributed by atoms with Gasteiger partial charge < -0.3 is 5.73 Å². The van der Waals surface area contributed by atoms with Crippen molar-refractivity contribution in [3.8, 4) is 0 Å². The topological polar surface area (TPSA) is 73.0 Å². The van der Waals surface area contributed by atoms with Crippen LogP contribution in [0, 0.1) is 0 Å². The van der Waals surface area contributed by atoms with Crippen LogP contribution in [0.1, 0.15) is 26.7 Å². The number of pyridine rings is 1. The standard InChI is InChI=1S/C10H16N2O2S/c1-3-5-8(2)15(13,14)10-9(11)6-4-7-12-10/h4,6-8H,3,5,11H2,1-2H3. The molecule has 0 radical (unpaired) electrons. The Hall–Kier alpha value is -1.10. The lowest BCUT2D eigenvalue weighted by atomic mass is 10.3. The molecule has 0 aliphatic heterocycles. The van der Waals surface area contributed by atoms with Gasteiger partial charge in [0, 0.05) is 6.20 Å².